The van der Waals surface area contributed by atoms with Crippen LogP contribution in [0.2, 0.25) is 0 Å². The molecule has 0 amide bonds. The Hall–Kier alpha value is -2.76. The molecule has 1 atom stereocenters. The molecule has 1 fully saturated rings. The van der Waals surface area contributed by atoms with Crippen molar-refractivity contribution in [2.24, 2.45) is 5.41 Å². The molecule has 1 aromatic heterocycles. The Morgan fingerprint density at radius 1 is 1.27 bits per heavy atom. The monoisotopic (exact) mass is 357 g/mol. The highest BCUT2D eigenvalue weighted by Gasteiger charge is 2.46. The number of benzene rings is 1. The van der Waals surface area contributed by atoms with Crippen molar-refractivity contribution in [3.63, 3.8) is 0 Å². The van der Waals surface area contributed by atoms with E-state index in [2.05, 4.69) is 0 Å². The van der Waals surface area contributed by atoms with Crippen LogP contribution in [0.5, 0.6) is 5.75 Å². The summed E-state index contributed by atoms with van der Waals surface area (Å²) in [6.45, 7) is 7.69. The van der Waals surface area contributed by atoms with Gasteiger partial charge < -0.3 is 18.8 Å². The Balaban J connectivity index is 1.92. The van der Waals surface area contributed by atoms with Crippen molar-refractivity contribution in [2.45, 2.75) is 33.8 Å². The first-order chi connectivity index (χ1) is 12.2. The average molecular weight is 357 g/mol. The molecule has 1 aromatic carbocycles. The number of rotatable bonds is 4. The van der Waals surface area contributed by atoms with Crippen molar-refractivity contribution >= 4 is 11.9 Å². The summed E-state index contributed by atoms with van der Waals surface area (Å²) in [7, 11) is 1.61. The van der Waals surface area contributed by atoms with Crippen LogP contribution in [0.4, 0.5) is 0 Å². The van der Waals surface area contributed by atoms with Crippen molar-refractivity contribution in [1.29, 1.82) is 0 Å². The van der Waals surface area contributed by atoms with Gasteiger partial charge in [0.25, 0.3) is 0 Å². The van der Waals surface area contributed by atoms with Gasteiger partial charge >= 0.3 is 11.9 Å². The number of carbonyl (C=O) groups excluding carboxylic acids is 2. The van der Waals surface area contributed by atoms with Crippen LogP contribution in [0.15, 0.2) is 30.3 Å². The number of ether oxygens (including phenoxy) is 3. The van der Waals surface area contributed by atoms with Gasteiger partial charge in [-0.2, -0.15) is 0 Å². The largest absolute Gasteiger partial charge is 0.497 e. The second-order valence-electron chi connectivity index (χ2n) is 7.20. The summed E-state index contributed by atoms with van der Waals surface area (Å²) in [5.74, 6) is -0.288. The molecule has 1 aliphatic heterocycles. The zero-order valence-electron chi connectivity index (χ0n) is 15.7. The van der Waals surface area contributed by atoms with E-state index in [0.717, 1.165) is 22.8 Å². The highest BCUT2D eigenvalue weighted by molar-refractivity contribution is 5.93. The van der Waals surface area contributed by atoms with Gasteiger partial charge in [0.15, 0.2) is 0 Å². The third kappa shape index (κ3) is 3.07. The van der Waals surface area contributed by atoms with Gasteiger partial charge in [-0.15, -0.1) is 0 Å². The molecule has 3 rings (SSSR count). The average Bonchev–Trinajstić information content (AvgIpc) is 3.04. The molecule has 0 unspecified atom stereocenters. The molecular weight excluding hydrogens is 334 g/mol. The molecule has 0 radical (unpaired) electrons. The lowest BCUT2D eigenvalue weighted by Crippen LogP contribution is -2.35. The number of cyclic esters (lactones) is 1. The maximum atomic E-state index is 12.7. The topological polar surface area (TPSA) is 66.8 Å². The van der Waals surface area contributed by atoms with E-state index in [1.54, 1.807) is 13.2 Å². The quantitative estimate of drug-likeness (QED) is 0.786. The smallest absolute Gasteiger partial charge is 0.348 e. The zero-order valence-corrected chi connectivity index (χ0v) is 15.7. The van der Waals surface area contributed by atoms with E-state index >= 15 is 0 Å². The van der Waals surface area contributed by atoms with E-state index in [-0.39, 0.29) is 6.61 Å². The molecule has 0 bridgehead atoms. The van der Waals surface area contributed by atoms with Crippen LogP contribution in [0, 0.1) is 19.3 Å². The van der Waals surface area contributed by atoms with Crippen molar-refractivity contribution in [2.75, 3.05) is 13.7 Å². The summed E-state index contributed by atoms with van der Waals surface area (Å²) in [6.07, 6.45) is -0.894. The van der Waals surface area contributed by atoms with Crippen molar-refractivity contribution in [3.05, 3.63) is 47.3 Å². The van der Waals surface area contributed by atoms with Crippen LogP contribution in [0.3, 0.4) is 0 Å². The Kier molecular flexibility index (Phi) is 4.52. The fourth-order valence-electron chi connectivity index (χ4n) is 3.22. The number of hydrogen-bond donors (Lipinski definition) is 0. The first-order valence-corrected chi connectivity index (χ1v) is 8.45. The predicted octanol–water partition coefficient (Wildman–Crippen LogP) is 3.21. The lowest BCUT2D eigenvalue weighted by molar-refractivity contribution is -0.145. The third-order valence-corrected chi connectivity index (χ3v) is 4.70. The van der Waals surface area contributed by atoms with Crippen LogP contribution in [0.1, 0.15) is 35.6 Å². The molecule has 0 spiro atoms. The Labute approximate surface area is 152 Å². The van der Waals surface area contributed by atoms with E-state index in [0.29, 0.717) is 5.56 Å². The lowest BCUT2D eigenvalue weighted by atomic mass is 9.90. The molecule has 6 heteroatoms. The van der Waals surface area contributed by atoms with Crippen molar-refractivity contribution < 1.29 is 23.8 Å². The number of esters is 2. The number of aryl methyl sites for hydroxylation is 1. The SMILES string of the molecule is COc1cccc(-n2c(C)cc(C(=O)O[C@H]3C(=O)OCC3(C)C)c2C)c1. The summed E-state index contributed by atoms with van der Waals surface area (Å²) in [4.78, 5) is 24.6. The molecule has 2 aromatic rings. The van der Waals surface area contributed by atoms with Crippen LogP contribution < -0.4 is 4.74 Å². The summed E-state index contributed by atoms with van der Waals surface area (Å²) in [5.41, 5.74) is 2.41. The fourth-order valence-corrected chi connectivity index (χ4v) is 3.22. The number of nitrogens with zero attached hydrogens (tertiary/aromatic N) is 1. The van der Waals surface area contributed by atoms with E-state index in [4.69, 9.17) is 14.2 Å². The third-order valence-electron chi connectivity index (χ3n) is 4.70. The lowest BCUT2D eigenvalue weighted by Gasteiger charge is -2.21. The van der Waals surface area contributed by atoms with Gasteiger partial charge in [0.1, 0.15) is 12.4 Å². The molecular formula is C20H23NO5. The minimum atomic E-state index is -0.894. The van der Waals surface area contributed by atoms with Gasteiger partial charge in [-0.3, -0.25) is 0 Å². The second kappa shape index (κ2) is 6.52. The number of carbonyl (C=O) groups is 2. The Morgan fingerprint density at radius 2 is 2.00 bits per heavy atom. The van der Waals surface area contributed by atoms with Crippen LogP contribution in [-0.2, 0) is 14.3 Å². The maximum absolute atomic E-state index is 12.7. The highest BCUT2D eigenvalue weighted by Crippen LogP contribution is 2.32. The van der Waals surface area contributed by atoms with Crippen LogP contribution in [-0.4, -0.2) is 36.3 Å². The Morgan fingerprint density at radius 3 is 2.62 bits per heavy atom. The molecule has 1 saturated heterocycles. The summed E-state index contributed by atoms with van der Waals surface area (Å²) < 4.78 is 17.8. The van der Waals surface area contributed by atoms with E-state index in [1.165, 1.54) is 0 Å². The number of hydrogen-bond acceptors (Lipinski definition) is 5. The second-order valence-corrected chi connectivity index (χ2v) is 7.20. The Bertz CT molecular complexity index is 865. The van der Waals surface area contributed by atoms with Gasteiger partial charge in [-0.1, -0.05) is 19.9 Å². The summed E-state index contributed by atoms with van der Waals surface area (Å²) >= 11 is 0. The molecule has 0 saturated carbocycles. The predicted molar refractivity (Wildman–Crippen MR) is 95.7 cm³/mol. The summed E-state index contributed by atoms with van der Waals surface area (Å²) in [6, 6.07) is 9.36. The van der Waals surface area contributed by atoms with Gasteiger partial charge in [-0.05, 0) is 32.0 Å². The first-order valence-electron chi connectivity index (χ1n) is 8.45. The van der Waals surface area contributed by atoms with Crippen molar-refractivity contribution in [1.82, 2.24) is 4.57 Å². The highest BCUT2D eigenvalue weighted by atomic mass is 16.6. The summed E-state index contributed by atoms with van der Waals surface area (Å²) in [5, 5.41) is 0. The minimum Gasteiger partial charge on any atom is -0.497 e. The maximum Gasteiger partial charge on any atom is 0.348 e. The van der Waals surface area contributed by atoms with Gasteiger partial charge in [-0.25, -0.2) is 9.59 Å². The number of aromatic nitrogens is 1. The molecule has 26 heavy (non-hydrogen) atoms. The number of methoxy groups -OCH3 is 1. The first kappa shape index (κ1) is 18.0. The fraction of sp³-hybridized carbons (Fsp3) is 0.400. The molecule has 0 aliphatic carbocycles. The molecule has 6 nitrogen and oxygen atoms in total. The molecule has 138 valence electrons. The van der Waals surface area contributed by atoms with Crippen LogP contribution in [0.25, 0.3) is 5.69 Å². The van der Waals surface area contributed by atoms with Gasteiger partial charge in [0, 0.05) is 28.6 Å². The van der Waals surface area contributed by atoms with Gasteiger partial charge in [0.2, 0.25) is 6.10 Å². The van der Waals surface area contributed by atoms with Gasteiger partial charge in [0.05, 0.1) is 12.7 Å². The van der Waals surface area contributed by atoms with Crippen LogP contribution >= 0.6 is 0 Å². The van der Waals surface area contributed by atoms with E-state index in [1.807, 2.05) is 56.5 Å². The molecule has 0 N–H and O–H groups in total. The van der Waals surface area contributed by atoms with E-state index < -0.39 is 23.5 Å². The zero-order chi connectivity index (χ0) is 19.1. The molecule has 1 aliphatic rings. The van der Waals surface area contributed by atoms with E-state index in [9.17, 15) is 9.59 Å². The van der Waals surface area contributed by atoms with Crippen molar-refractivity contribution in [3.8, 4) is 11.4 Å². The normalized spacial score (nSPS) is 18.5. The minimum absolute atomic E-state index is 0.243. The standard InChI is InChI=1S/C20H23NO5/c1-12-9-16(18(22)26-17-19(23)25-11-20(17,3)4)13(2)21(12)14-7-6-8-15(10-14)24-5/h6-10,17H,11H2,1-5H3/t17-/m0/s1. The molecule has 2 heterocycles.